The number of piperazine rings is 1. The zero-order chi connectivity index (χ0) is 26.1. The molecule has 2 aliphatic rings. The molecule has 2 atom stereocenters. The Morgan fingerprint density at radius 1 is 1.16 bits per heavy atom. The van der Waals surface area contributed by atoms with Crippen molar-refractivity contribution in [2.24, 2.45) is 0 Å². The minimum absolute atomic E-state index is 0.0382. The largest absolute Gasteiger partial charge is 0.333 e. The van der Waals surface area contributed by atoms with Crippen molar-refractivity contribution in [2.75, 3.05) is 25.0 Å². The molecular weight excluding hydrogens is 564 g/mol. The molecule has 2 N–H and O–H groups in total. The predicted molar refractivity (Wildman–Crippen MR) is 152 cm³/mol. The molecule has 194 valence electrons. The molecule has 0 radical (unpaired) electrons. The second kappa shape index (κ2) is 11.0. The Balaban J connectivity index is 1.24. The highest BCUT2D eigenvalue weighted by atomic mass is 79.9. The number of nitrogens with zero attached hydrogens (tertiary/aromatic N) is 4. The van der Waals surface area contributed by atoms with Crippen molar-refractivity contribution in [2.45, 2.75) is 31.5 Å². The van der Waals surface area contributed by atoms with Crippen molar-refractivity contribution in [3.8, 4) is 0 Å². The fourth-order valence-corrected chi connectivity index (χ4v) is 6.11. The molecule has 1 aliphatic carbocycles. The monoisotopic (exact) mass is 590 g/mol. The molecular formula is C29H28BrClN6O. The molecule has 0 saturated carbocycles. The summed E-state index contributed by atoms with van der Waals surface area (Å²) >= 11 is 9.98. The highest BCUT2D eigenvalue weighted by Crippen LogP contribution is 2.38. The molecule has 1 saturated heterocycles. The fraction of sp³-hybridized carbons (Fsp3) is 0.276. The number of imidazole rings is 1. The smallest absolute Gasteiger partial charge is 0.242 e. The van der Waals surface area contributed by atoms with Gasteiger partial charge >= 0.3 is 0 Å². The summed E-state index contributed by atoms with van der Waals surface area (Å²) in [6.07, 6.45) is 9.16. The van der Waals surface area contributed by atoms with Gasteiger partial charge in [0.15, 0.2) is 0 Å². The lowest BCUT2D eigenvalue weighted by Gasteiger charge is -2.39. The van der Waals surface area contributed by atoms with Gasteiger partial charge in [-0.15, -0.1) is 0 Å². The van der Waals surface area contributed by atoms with Gasteiger partial charge in [0, 0.05) is 60.0 Å². The van der Waals surface area contributed by atoms with Gasteiger partial charge in [0.25, 0.3) is 0 Å². The van der Waals surface area contributed by atoms with Crippen LogP contribution in [0.1, 0.15) is 34.0 Å². The molecule has 2 aromatic carbocycles. The zero-order valence-corrected chi connectivity index (χ0v) is 23.1. The van der Waals surface area contributed by atoms with E-state index in [0.29, 0.717) is 19.6 Å². The molecule has 7 nitrogen and oxygen atoms in total. The van der Waals surface area contributed by atoms with Crippen LogP contribution >= 0.6 is 27.5 Å². The molecule has 1 fully saturated rings. The highest BCUT2D eigenvalue weighted by molar-refractivity contribution is 9.10. The lowest BCUT2D eigenvalue weighted by molar-refractivity contribution is -0.119. The Hall–Kier alpha value is -3.04. The second-order valence-electron chi connectivity index (χ2n) is 9.87. The Kier molecular flexibility index (Phi) is 7.30. The number of carbonyl (C=O) groups excluding carboxylic acids is 1. The van der Waals surface area contributed by atoms with Crippen LogP contribution in [0.25, 0.3) is 0 Å². The number of nitrogens with one attached hydrogen (secondary N) is 2. The number of aryl methyl sites for hydroxylation is 2. The molecule has 1 aliphatic heterocycles. The maximum absolute atomic E-state index is 13.4. The maximum Gasteiger partial charge on any atom is 0.242 e. The Morgan fingerprint density at radius 2 is 2.05 bits per heavy atom. The number of pyridine rings is 1. The minimum atomic E-state index is -0.348. The summed E-state index contributed by atoms with van der Waals surface area (Å²) in [5, 5.41) is 7.30. The molecule has 0 spiro atoms. The number of fused-ring (bicyclic) bond motifs is 2. The standard InChI is InChI=1S/C29H28BrClN6O/c30-22-13-21-5-4-20-14-23(31)6-7-25(20)28(27(21)34-15-22)37-11-9-33-26(17-37)29(38)35-24-3-1-2-19(12-24)16-36-10-8-32-18-36/h1-3,6-8,10,12-15,18,26,28,33H,4-5,9,11,16-17H2,(H,35,38)/t26-,28?/m1/s1. The minimum Gasteiger partial charge on any atom is -0.333 e. The van der Waals surface area contributed by atoms with Gasteiger partial charge in [0.05, 0.1) is 24.1 Å². The number of carbonyl (C=O) groups is 1. The van der Waals surface area contributed by atoms with Crippen molar-refractivity contribution in [3.05, 3.63) is 111 Å². The van der Waals surface area contributed by atoms with Gasteiger partial charge < -0.3 is 15.2 Å². The number of halogens is 2. The lowest BCUT2D eigenvalue weighted by Crippen LogP contribution is -2.56. The van der Waals surface area contributed by atoms with Gasteiger partial charge in [-0.3, -0.25) is 14.7 Å². The fourth-order valence-electron chi connectivity index (χ4n) is 5.53. The van der Waals surface area contributed by atoms with Crippen LogP contribution < -0.4 is 10.6 Å². The molecule has 4 aromatic rings. The summed E-state index contributed by atoms with van der Waals surface area (Å²) in [7, 11) is 0. The Bertz CT molecular complexity index is 1410. The van der Waals surface area contributed by atoms with Crippen molar-refractivity contribution in [1.82, 2.24) is 24.8 Å². The predicted octanol–water partition coefficient (Wildman–Crippen LogP) is 4.84. The van der Waals surface area contributed by atoms with E-state index >= 15 is 0 Å². The van der Waals surface area contributed by atoms with Gasteiger partial charge in [-0.05, 0) is 81.4 Å². The number of benzene rings is 2. The third kappa shape index (κ3) is 5.40. The van der Waals surface area contributed by atoms with Gasteiger partial charge in [-0.1, -0.05) is 29.8 Å². The summed E-state index contributed by atoms with van der Waals surface area (Å²) < 4.78 is 2.98. The van der Waals surface area contributed by atoms with E-state index in [4.69, 9.17) is 16.6 Å². The quantitative estimate of drug-likeness (QED) is 0.347. The Labute approximate surface area is 235 Å². The second-order valence-corrected chi connectivity index (χ2v) is 11.2. The molecule has 1 amide bonds. The first-order chi connectivity index (χ1) is 18.5. The number of hydrogen-bond acceptors (Lipinski definition) is 5. The summed E-state index contributed by atoms with van der Waals surface area (Å²) in [6.45, 7) is 2.80. The third-order valence-electron chi connectivity index (χ3n) is 7.30. The summed E-state index contributed by atoms with van der Waals surface area (Å²) in [6, 6.07) is 15.9. The van der Waals surface area contributed by atoms with Gasteiger partial charge in [-0.2, -0.15) is 0 Å². The van der Waals surface area contributed by atoms with E-state index in [1.54, 1.807) is 12.5 Å². The number of amides is 1. The van der Waals surface area contributed by atoms with E-state index in [1.807, 2.05) is 41.2 Å². The van der Waals surface area contributed by atoms with Crippen LogP contribution in [0.3, 0.4) is 0 Å². The van der Waals surface area contributed by atoms with Crippen molar-refractivity contribution in [1.29, 1.82) is 0 Å². The summed E-state index contributed by atoms with van der Waals surface area (Å²) in [5.74, 6) is -0.0385. The SMILES string of the molecule is O=C(Nc1cccc(Cn2ccnc2)c1)[C@H]1CN(C2c3ccc(Cl)cc3CCc3cc(Br)cnc32)CCN1. The summed E-state index contributed by atoms with van der Waals surface area (Å²) in [4.78, 5) is 24.8. The molecule has 9 heteroatoms. The van der Waals surface area contributed by atoms with Crippen LogP contribution in [0.2, 0.25) is 5.02 Å². The van der Waals surface area contributed by atoms with E-state index in [1.165, 1.54) is 16.7 Å². The highest BCUT2D eigenvalue weighted by Gasteiger charge is 2.35. The Morgan fingerprint density at radius 3 is 2.92 bits per heavy atom. The first kappa shape index (κ1) is 25.2. The topological polar surface area (TPSA) is 75.1 Å². The van der Waals surface area contributed by atoms with Crippen LogP contribution in [-0.4, -0.2) is 51.0 Å². The zero-order valence-electron chi connectivity index (χ0n) is 20.8. The number of aromatic nitrogens is 3. The number of anilines is 1. The van der Waals surface area contributed by atoms with E-state index < -0.39 is 0 Å². The third-order valence-corrected chi connectivity index (χ3v) is 7.97. The first-order valence-electron chi connectivity index (χ1n) is 12.8. The number of hydrogen-bond donors (Lipinski definition) is 2. The van der Waals surface area contributed by atoms with E-state index in [9.17, 15) is 4.79 Å². The van der Waals surface area contributed by atoms with Gasteiger partial charge in [0.2, 0.25) is 5.91 Å². The van der Waals surface area contributed by atoms with Crippen LogP contribution in [0.4, 0.5) is 5.69 Å². The van der Waals surface area contributed by atoms with E-state index in [-0.39, 0.29) is 18.0 Å². The van der Waals surface area contributed by atoms with E-state index in [0.717, 1.165) is 45.8 Å². The van der Waals surface area contributed by atoms with Gasteiger partial charge in [0.1, 0.15) is 0 Å². The average Bonchev–Trinajstić information content (AvgIpc) is 3.37. The number of rotatable bonds is 5. The normalized spacial score (nSPS) is 19.3. The molecule has 2 aromatic heterocycles. The maximum atomic E-state index is 13.4. The van der Waals surface area contributed by atoms with Crippen molar-refractivity contribution < 1.29 is 4.79 Å². The summed E-state index contributed by atoms with van der Waals surface area (Å²) in [5.41, 5.74) is 6.63. The van der Waals surface area contributed by atoms with Crippen LogP contribution in [0.15, 0.2) is 77.9 Å². The molecule has 6 rings (SSSR count). The van der Waals surface area contributed by atoms with Crippen LogP contribution in [0, 0.1) is 0 Å². The van der Waals surface area contributed by atoms with Crippen LogP contribution in [0.5, 0.6) is 0 Å². The molecule has 1 unspecified atom stereocenters. The molecule has 0 bridgehead atoms. The average molecular weight is 592 g/mol. The van der Waals surface area contributed by atoms with Gasteiger partial charge in [-0.25, -0.2) is 4.98 Å². The van der Waals surface area contributed by atoms with Crippen LogP contribution in [-0.2, 0) is 24.2 Å². The molecule has 38 heavy (non-hydrogen) atoms. The lowest BCUT2D eigenvalue weighted by atomic mass is 9.95. The van der Waals surface area contributed by atoms with Crippen molar-refractivity contribution in [3.63, 3.8) is 0 Å². The molecule has 3 heterocycles. The van der Waals surface area contributed by atoms with E-state index in [2.05, 4.69) is 60.7 Å². The van der Waals surface area contributed by atoms with Crippen molar-refractivity contribution >= 4 is 39.1 Å². The first-order valence-corrected chi connectivity index (χ1v) is 14.0.